The summed E-state index contributed by atoms with van der Waals surface area (Å²) in [5.41, 5.74) is 8.07. The van der Waals surface area contributed by atoms with Gasteiger partial charge in [0, 0.05) is 62.5 Å². The normalized spacial score (nSPS) is 18.2. The quantitative estimate of drug-likeness (QED) is 0.0180. The first-order valence-corrected chi connectivity index (χ1v) is 26.4. The van der Waals surface area contributed by atoms with Gasteiger partial charge in [-0.25, -0.2) is 14.6 Å². The largest absolute Gasteiger partial charge is 0.493 e. The topological polar surface area (TPSA) is 326 Å². The lowest BCUT2D eigenvalue weighted by atomic mass is 9.96. The number of nitrogens with two attached hydrogens (primary N) is 1. The summed E-state index contributed by atoms with van der Waals surface area (Å²) in [7, 11) is 1.38. The Morgan fingerprint density at radius 1 is 0.933 bits per heavy atom. The van der Waals surface area contributed by atoms with E-state index in [-0.39, 0.29) is 109 Å². The molecule has 0 saturated carbocycles. The van der Waals surface area contributed by atoms with Crippen molar-refractivity contribution in [3.05, 3.63) is 68.9 Å². The number of aliphatic imine (C=N–C) groups is 1. The number of nitro benzene ring substituents is 1. The molecule has 2 saturated heterocycles. The van der Waals surface area contributed by atoms with Gasteiger partial charge in [-0.15, -0.1) is 0 Å². The number of ether oxygens (including phenoxy) is 4. The summed E-state index contributed by atoms with van der Waals surface area (Å²) in [6.45, 7) is 6.62. The van der Waals surface area contributed by atoms with Crippen LogP contribution in [0.5, 0.6) is 17.4 Å². The Kier molecular flexibility index (Phi) is 19.4. The molecule has 0 aliphatic carbocycles. The second-order valence-corrected chi connectivity index (χ2v) is 20.6. The monoisotopic (exact) mass is 1060 g/mol. The molecule has 3 aromatic rings. The van der Waals surface area contributed by atoms with E-state index in [0.717, 1.165) is 35.4 Å². The van der Waals surface area contributed by atoms with E-state index < -0.39 is 40.7 Å². The summed E-state index contributed by atoms with van der Waals surface area (Å²) < 4.78 is 23.3. The fraction of sp³-hybridized carbons (Fsp3) is 0.560. The molecule has 0 bridgehead atoms. The highest BCUT2D eigenvalue weighted by Gasteiger charge is 2.42. The molecule has 24 nitrogen and oxygen atoms in total. The number of nitrogen functional groups attached to an aromatic ring is 1. The zero-order chi connectivity index (χ0) is 53.5. The van der Waals surface area contributed by atoms with E-state index >= 15 is 0 Å². The Balaban J connectivity index is 0.882. The van der Waals surface area contributed by atoms with Crippen molar-refractivity contribution in [2.75, 3.05) is 38.3 Å². The van der Waals surface area contributed by atoms with Crippen LogP contribution in [0, 0.1) is 16.0 Å². The molecule has 7 rings (SSSR count). The van der Waals surface area contributed by atoms with E-state index in [2.05, 4.69) is 57.1 Å². The highest BCUT2D eigenvalue weighted by molar-refractivity contribution is 8.00. The molecule has 0 spiro atoms. The molecule has 404 valence electrons. The molecule has 6 amide bonds. The van der Waals surface area contributed by atoms with Gasteiger partial charge in [-0.05, 0) is 68.6 Å². The van der Waals surface area contributed by atoms with Gasteiger partial charge in [-0.3, -0.25) is 29.5 Å². The molecule has 4 aliphatic heterocycles. The molecule has 8 N–H and O–H groups in total. The van der Waals surface area contributed by atoms with Crippen LogP contribution in [0.1, 0.15) is 113 Å². The Bertz CT molecular complexity index is 2600. The summed E-state index contributed by atoms with van der Waals surface area (Å²) in [4.78, 5) is 88.9. The number of hydrogen-bond donors (Lipinski definition) is 7. The fourth-order valence-corrected chi connectivity index (χ4v) is 10.4. The van der Waals surface area contributed by atoms with Crippen LogP contribution in [0.15, 0.2) is 51.6 Å². The van der Waals surface area contributed by atoms with Crippen LogP contribution in [0.4, 0.5) is 26.9 Å². The van der Waals surface area contributed by atoms with Crippen LogP contribution in [0.3, 0.4) is 0 Å². The van der Waals surface area contributed by atoms with Gasteiger partial charge in [0.2, 0.25) is 29.5 Å². The highest BCUT2D eigenvalue weighted by Crippen LogP contribution is 2.41. The van der Waals surface area contributed by atoms with Crippen molar-refractivity contribution in [1.82, 2.24) is 41.9 Å². The van der Waals surface area contributed by atoms with Crippen molar-refractivity contribution in [1.29, 1.82) is 0 Å². The zero-order valence-electron chi connectivity index (χ0n) is 42.7. The van der Waals surface area contributed by atoms with Crippen molar-refractivity contribution < 1.29 is 47.8 Å². The van der Waals surface area contributed by atoms with Gasteiger partial charge in [-0.2, -0.15) is 27.0 Å². The van der Waals surface area contributed by atoms with Crippen molar-refractivity contribution in [2.24, 2.45) is 21.1 Å². The molecular formula is C50H67N13O11S. The number of amides is 6. The first-order chi connectivity index (χ1) is 36.1. The highest BCUT2D eigenvalue weighted by atomic mass is 32.2. The molecule has 2 aromatic carbocycles. The number of nitrogens with zero attached hydrogens (tertiary/aromatic N) is 6. The molecule has 0 radical (unpaired) electrons. The number of urea groups is 1. The van der Waals surface area contributed by atoms with Crippen LogP contribution in [0.25, 0.3) is 0 Å². The van der Waals surface area contributed by atoms with E-state index in [1.54, 1.807) is 20.1 Å². The zero-order valence-corrected chi connectivity index (χ0v) is 43.5. The predicted molar refractivity (Wildman–Crippen MR) is 278 cm³/mol. The van der Waals surface area contributed by atoms with E-state index in [9.17, 15) is 34.1 Å². The molecule has 5 atom stereocenters. The lowest BCUT2D eigenvalue weighted by molar-refractivity contribution is -0.386. The van der Waals surface area contributed by atoms with Gasteiger partial charge in [0.05, 0.1) is 48.0 Å². The smallest absolute Gasteiger partial charge is 0.408 e. The third kappa shape index (κ3) is 16.1. The molecule has 2 fully saturated rings. The van der Waals surface area contributed by atoms with E-state index in [1.807, 2.05) is 43.0 Å². The number of fused-ring (bicyclic) bond motifs is 2. The van der Waals surface area contributed by atoms with Crippen LogP contribution in [-0.2, 0) is 38.7 Å². The number of methoxy groups -OCH3 is 1. The first kappa shape index (κ1) is 55.4. The number of thioether (sulfide) groups is 1. The molecule has 1 aromatic heterocycles. The lowest BCUT2D eigenvalue weighted by Gasteiger charge is -2.25. The summed E-state index contributed by atoms with van der Waals surface area (Å²) in [5.74, 6) is 0.276. The van der Waals surface area contributed by atoms with Crippen LogP contribution in [-0.4, -0.2) is 113 Å². The number of hydrogen-bond acceptors (Lipinski definition) is 18. The van der Waals surface area contributed by atoms with E-state index in [4.69, 9.17) is 24.7 Å². The van der Waals surface area contributed by atoms with Crippen molar-refractivity contribution in [3.8, 4) is 17.4 Å². The summed E-state index contributed by atoms with van der Waals surface area (Å²) in [6.07, 6.45) is 4.99. The Morgan fingerprint density at radius 2 is 1.68 bits per heavy atom. The minimum Gasteiger partial charge on any atom is -0.493 e. The van der Waals surface area contributed by atoms with Crippen LogP contribution in [0.2, 0.25) is 0 Å². The number of anilines is 1. The van der Waals surface area contributed by atoms with Gasteiger partial charge >= 0.3 is 12.1 Å². The first-order valence-electron chi connectivity index (χ1n) is 25.4. The molecule has 75 heavy (non-hydrogen) atoms. The van der Waals surface area contributed by atoms with E-state index in [1.165, 1.54) is 19.2 Å². The number of aromatic nitrogens is 2. The Labute approximate surface area is 438 Å². The van der Waals surface area contributed by atoms with Gasteiger partial charge in [0.1, 0.15) is 24.4 Å². The summed E-state index contributed by atoms with van der Waals surface area (Å²) >= 11 is 1.82. The number of benzene rings is 2. The maximum absolute atomic E-state index is 13.7. The number of alkyl carbamates (subject to hydrolysis) is 1. The second-order valence-electron chi connectivity index (χ2n) is 19.3. The molecular weight excluding hydrogens is 991 g/mol. The SMILES string of the molecule is COc1cc(C(OC(=O)NC(CCCCNC(=O)CCC2(C)N=N2)C(=O)NCCCCC2SCC3NC(=O)NC32)C(C)C)c([N+](=O)[O-])cc1OCCCC(=O)NCc1ccc(COc2nc(N)nc3c2N=CC3)cc1. The number of rotatable bonds is 30. The Hall–Kier alpha value is -7.31. The molecule has 25 heteroatoms. The fourth-order valence-electron chi connectivity index (χ4n) is 8.82. The van der Waals surface area contributed by atoms with E-state index in [0.29, 0.717) is 56.8 Å². The average Bonchev–Trinajstić information content (AvgIpc) is 3.62. The second kappa shape index (κ2) is 26.3. The standard InChI is InChI=1S/C50H67N13O11S/c1-29(2)44(74-49(68)58-34(10-5-7-20-52-41(65)17-19-50(3)61-62-50)45(66)54-21-8-6-11-39-42-35(28-75-39)57-48(67)59-42)32-24-37(71-4)38(25-36(32)63(69)70)72-23-9-12-40(64)55-26-30-13-15-31(16-14-30)27-73-46-43-33(18-22-53-43)56-47(51)60-46/h13-16,22,24-25,29,34-35,39,42,44H,5-12,17-21,23,26-28H2,1-4H3,(H,52,65)(H,54,66)(H,55,64)(H,58,68)(H2,51,56,60)(H2,57,59,67). The maximum Gasteiger partial charge on any atom is 0.408 e. The lowest BCUT2D eigenvalue weighted by Crippen LogP contribution is -2.47. The van der Waals surface area contributed by atoms with Crippen molar-refractivity contribution in [3.63, 3.8) is 0 Å². The van der Waals surface area contributed by atoms with Crippen LogP contribution >= 0.6 is 11.8 Å². The van der Waals surface area contributed by atoms with Gasteiger partial charge in [0.25, 0.3) is 5.69 Å². The maximum atomic E-state index is 13.7. The van der Waals surface area contributed by atoms with Gasteiger partial charge in [0.15, 0.2) is 17.2 Å². The van der Waals surface area contributed by atoms with Crippen LogP contribution < -0.4 is 51.8 Å². The number of carbonyl (C=O) groups excluding carboxylic acids is 5. The minimum absolute atomic E-state index is 0.0360. The average molecular weight is 1060 g/mol. The number of carbonyl (C=O) groups is 5. The van der Waals surface area contributed by atoms with Gasteiger partial charge in [-0.1, -0.05) is 44.5 Å². The molecule has 5 heterocycles. The van der Waals surface area contributed by atoms with Crippen molar-refractivity contribution >= 4 is 65.1 Å². The van der Waals surface area contributed by atoms with Crippen molar-refractivity contribution in [2.45, 2.75) is 140 Å². The van der Waals surface area contributed by atoms with Gasteiger partial charge < -0.3 is 56.6 Å². The number of unbranched alkanes of at least 4 members (excludes halogenated alkanes) is 2. The predicted octanol–water partition coefficient (Wildman–Crippen LogP) is 5.78. The third-order valence-electron chi connectivity index (χ3n) is 13.1. The number of nitro groups is 1. The number of nitrogens with one attached hydrogen (secondary N) is 6. The molecule has 5 unspecified atom stereocenters. The third-order valence-corrected chi connectivity index (χ3v) is 14.6. The Morgan fingerprint density at radius 3 is 2.43 bits per heavy atom. The molecule has 4 aliphatic rings. The summed E-state index contributed by atoms with van der Waals surface area (Å²) in [5, 5.41) is 38.1. The summed E-state index contributed by atoms with van der Waals surface area (Å²) in [6, 6.07) is 9.19. The minimum atomic E-state index is -1.15.